The molecular formula is C15H17N3O2. The summed E-state index contributed by atoms with van der Waals surface area (Å²) < 4.78 is 1.28. The maximum Gasteiger partial charge on any atom is 0.267 e. The third-order valence-corrected chi connectivity index (χ3v) is 3.08. The lowest BCUT2D eigenvalue weighted by molar-refractivity contribution is -0.118. The number of benzene rings is 1. The van der Waals surface area contributed by atoms with E-state index in [-0.39, 0.29) is 18.5 Å². The summed E-state index contributed by atoms with van der Waals surface area (Å²) in [4.78, 5) is 22.7. The molecule has 0 saturated heterocycles. The van der Waals surface area contributed by atoms with E-state index in [0.717, 1.165) is 22.4 Å². The Labute approximate surface area is 117 Å². The van der Waals surface area contributed by atoms with Gasteiger partial charge in [0.2, 0.25) is 5.91 Å². The molecule has 0 spiro atoms. The van der Waals surface area contributed by atoms with E-state index >= 15 is 0 Å². The van der Waals surface area contributed by atoms with Crippen LogP contribution in [0, 0.1) is 13.8 Å². The molecule has 5 nitrogen and oxygen atoms in total. The summed E-state index contributed by atoms with van der Waals surface area (Å²) in [5.74, 6) is -0.448. The average Bonchev–Trinajstić information content (AvgIpc) is 2.39. The summed E-state index contributed by atoms with van der Waals surface area (Å²) >= 11 is 0. The van der Waals surface area contributed by atoms with Crippen molar-refractivity contribution in [1.82, 2.24) is 9.78 Å². The van der Waals surface area contributed by atoms with Crippen LogP contribution in [-0.4, -0.2) is 15.7 Å². The SMILES string of the molecule is Cc1ccc(-c2nn(CCC(N)=O)c(=O)cc2C)cc1. The number of aryl methyl sites for hydroxylation is 3. The molecule has 2 rings (SSSR count). The first-order valence-electron chi connectivity index (χ1n) is 6.41. The first-order chi connectivity index (χ1) is 9.47. The summed E-state index contributed by atoms with van der Waals surface area (Å²) in [6.07, 6.45) is 0.101. The van der Waals surface area contributed by atoms with Crippen LogP contribution in [0.4, 0.5) is 0 Å². The molecule has 0 radical (unpaired) electrons. The van der Waals surface area contributed by atoms with Crippen molar-refractivity contribution in [3.63, 3.8) is 0 Å². The molecule has 0 aliphatic rings. The summed E-state index contributed by atoms with van der Waals surface area (Å²) in [6.45, 7) is 4.06. The molecule has 2 N–H and O–H groups in total. The zero-order chi connectivity index (χ0) is 14.7. The zero-order valence-corrected chi connectivity index (χ0v) is 11.6. The van der Waals surface area contributed by atoms with Gasteiger partial charge in [0.05, 0.1) is 12.2 Å². The van der Waals surface area contributed by atoms with Crippen molar-refractivity contribution in [2.24, 2.45) is 5.73 Å². The molecular weight excluding hydrogens is 254 g/mol. The van der Waals surface area contributed by atoms with Crippen LogP contribution in [-0.2, 0) is 11.3 Å². The summed E-state index contributed by atoms with van der Waals surface area (Å²) in [7, 11) is 0. The van der Waals surface area contributed by atoms with Gasteiger partial charge in [-0.05, 0) is 19.4 Å². The molecule has 1 aromatic carbocycles. The van der Waals surface area contributed by atoms with Crippen LogP contribution < -0.4 is 11.3 Å². The van der Waals surface area contributed by atoms with Gasteiger partial charge < -0.3 is 5.73 Å². The number of rotatable bonds is 4. The van der Waals surface area contributed by atoms with Crippen LogP contribution in [0.1, 0.15) is 17.5 Å². The van der Waals surface area contributed by atoms with E-state index in [1.165, 1.54) is 10.7 Å². The van der Waals surface area contributed by atoms with Gasteiger partial charge in [-0.25, -0.2) is 4.68 Å². The highest BCUT2D eigenvalue weighted by Gasteiger charge is 2.08. The van der Waals surface area contributed by atoms with E-state index in [9.17, 15) is 9.59 Å². The molecule has 1 amide bonds. The Balaban J connectivity index is 2.42. The summed E-state index contributed by atoms with van der Waals surface area (Å²) in [5, 5.41) is 4.34. The molecule has 104 valence electrons. The van der Waals surface area contributed by atoms with Crippen molar-refractivity contribution in [1.29, 1.82) is 0 Å². The predicted molar refractivity (Wildman–Crippen MR) is 77.2 cm³/mol. The van der Waals surface area contributed by atoms with E-state index in [0.29, 0.717) is 0 Å². The minimum absolute atomic E-state index is 0.101. The Morgan fingerprint density at radius 2 is 1.90 bits per heavy atom. The number of hydrogen-bond donors (Lipinski definition) is 1. The number of nitrogens with two attached hydrogens (primary N) is 1. The quantitative estimate of drug-likeness (QED) is 0.913. The largest absolute Gasteiger partial charge is 0.370 e. The van der Waals surface area contributed by atoms with E-state index in [2.05, 4.69) is 5.10 Å². The van der Waals surface area contributed by atoms with Crippen LogP contribution in [0.5, 0.6) is 0 Å². The van der Waals surface area contributed by atoms with Crippen LogP contribution in [0.3, 0.4) is 0 Å². The molecule has 2 aromatic rings. The molecule has 0 aliphatic carbocycles. The van der Waals surface area contributed by atoms with Gasteiger partial charge in [-0.1, -0.05) is 29.8 Å². The third-order valence-electron chi connectivity index (χ3n) is 3.08. The second kappa shape index (κ2) is 5.69. The Kier molecular flexibility index (Phi) is 3.98. The molecule has 1 heterocycles. The molecule has 20 heavy (non-hydrogen) atoms. The molecule has 0 aliphatic heterocycles. The van der Waals surface area contributed by atoms with Crippen molar-refractivity contribution in [2.45, 2.75) is 26.8 Å². The number of primary amides is 1. The minimum Gasteiger partial charge on any atom is -0.370 e. The fraction of sp³-hybridized carbons (Fsp3) is 0.267. The average molecular weight is 271 g/mol. The lowest BCUT2D eigenvalue weighted by Gasteiger charge is -2.09. The molecule has 1 aromatic heterocycles. The lowest BCUT2D eigenvalue weighted by atomic mass is 10.1. The number of hydrogen-bond acceptors (Lipinski definition) is 3. The standard InChI is InChI=1S/C15H17N3O2/c1-10-3-5-12(6-4-10)15-11(2)9-14(20)18(17-15)8-7-13(16)19/h3-6,9H,7-8H2,1-2H3,(H2,16,19). The normalized spacial score (nSPS) is 10.5. The van der Waals surface area contributed by atoms with E-state index in [4.69, 9.17) is 5.73 Å². The zero-order valence-electron chi connectivity index (χ0n) is 11.6. The topological polar surface area (TPSA) is 78.0 Å². The smallest absolute Gasteiger partial charge is 0.267 e. The van der Waals surface area contributed by atoms with Gasteiger partial charge in [0, 0.05) is 18.1 Å². The number of nitrogens with zero attached hydrogens (tertiary/aromatic N) is 2. The highest BCUT2D eigenvalue weighted by atomic mass is 16.1. The molecule has 0 saturated carbocycles. The first-order valence-corrected chi connectivity index (χ1v) is 6.41. The van der Waals surface area contributed by atoms with Crippen LogP contribution in [0.2, 0.25) is 0 Å². The minimum atomic E-state index is -0.448. The predicted octanol–water partition coefficient (Wildman–Crippen LogP) is 1.40. The van der Waals surface area contributed by atoms with Crippen molar-refractivity contribution >= 4 is 5.91 Å². The lowest BCUT2D eigenvalue weighted by Crippen LogP contribution is -2.26. The second-order valence-electron chi connectivity index (χ2n) is 4.82. The Hall–Kier alpha value is -2.43. The maximum atomic E-state index is 11.8. The second-order valence-corrected chi connectivity index (χ2v) is 4.82. The Morgan fingerprint density at radius 3 is 2.50 bits per heavy atom. The van der Waals surface area contributed by atoms with Crippen molar-refractivity contribution < 1.29 is 4.79 Å². The molecule has 5 heteroatoms. The first kappa shape index (κ1) is 14.0. The summed E-state index contributed by atoms with van der Waals surface area (Å²) in [5.41, 5.74) is 8.55. The van der Waals surface area contributed by atoms with Gasteiger partial charge >= 0.3 is 0 Å². The highest BCUT2D eigenvalue weighted by molar-refractivity contribution is 5.73. The monoisotopic (exact) mass is 271 g/mol. The Bertz CT molecular complexity index is 687. The van der Waals surface area contributed by atoms with Crippen molar-refractivity contribution in [3.8, 4) is 11.3 Å². The van der Waals surface area contributed by atoms with Crippen LogP contribution >= 0.6 is 0 Å². The van der Waals surface area contributed by atoms with Gasteiger partial charge in [-0.3, -0.25) is 9.59 Å². The number of aromatic nitrogens is 2. The molecule has 0 atom stereocenters. The number of amides is 1. The van der Waals surface area contributed by atoms with Gasteiger partial charge in [-0.15, -0.1) is 0 Å². The fourth-order valence-corrected chi connectivity index (χ4v) is 1.95. The fourth-order valence-electron chi connectivity index (χ4n) is 1.95. The summed E-state index contributed by atoms with van der Waals surface area (Å²) in [6, 6.07) is 9.45. The van der Waals surface area contributed by atoms with Crippen LogP contribution in [0.25, 0.3) is 11.3 Å². The molecule has 0 bridgehead atoms. The van der Waals surface area contributed by atoms with Crippen molar-refractivity contribution in [2.75, 3.05) is 0 Å². The van der Waals surface area contributed by atoms with Gasteiger partial charge in [0.15, 0.2) is 0 Å². The van der Waals surface area contributed by atoms with E-state index in [1.807, 2.05) is 38.1 Å². The molecule has 0 fully saturated rings. The highest BCUT2D eigenvalue weighted by Crippen LogP contribution is 2.19. The van der Waals surface area contributed by atoms with Crippen LogP contribution in [0.15, 0.2) is 35.1 Å². The number of carbonyl (C=O) groups excluding carboxylic acids is 1. The van der Waals surface area contributed by atoms with Gasteiger partial charge in [0.25, 0.3) is 5.56 Å². The van der Waals surface area contributed by atoms with Gasteiger partial charge in [-0.2, -0.15) is 5.10 Å². The van der Waals surface area contributed by atoms with E-state index < -0.39 is 5.91 Å². The maximum absolute atomic E-state index is 11.8. The van der Waals surface area contributed by atoms with Gasteiger partial charge in [0.1, 0.15) is 0 Å². The van der Waals surface area contributed by atoms with Crippen molar-refractivity contribution in [3.05, 3.63) is 51.8 Å². The Morgan fingerprint density at radius 1 is 1.25 bits per heavy atom. The molecule has 0 unspecified atom stereocenters. The third kappa shape index (κ3) is 3.12. The number of carbonyl (C=O) groups is 1. The van der Waals surface area contributed by atoms with E-state index in [1.54, 1.807) is 0 Å².